The first kappa shape index (κ1) is 17.3. The first-order valence-corrected chi connectivity index (χ1v) is 8.94. The largest absolute Gasteiger partial charge is 0.488 e. The number of ether oxygens (including phenoxy) is 1. The molecule has 0 aliphatic carbocycles. The summed E-state index contributed by atoms with van der Waals surface area (Å²) in [5, 5.41) is 4.68. The van der Waals surface area contributed by atoms with E-state index < -0.39 is 0 Å². The van der Waals surface area contributed by atoms with Crippen LogP contribution in [-0.4, -0.2) is 10.1 Å². The zero-order valence-corrected chi connectivity index (χ0v) is 15.5. The van der Waals surface area contributed by atoms with Gasteiger partial charge in [-0.25, -0.2) is 0 Å². The Morgan fingerprint density at radius 2 is 1.81 bits per heavy atom. The highest BCUT2D eigenvalue weighted by Crippen LogP contribution is 2.33. The van der Waals surface area contributed by atoms with Crippen molar-refractivity contribution in [3.05, 3.63) is 88.9 Å². The van der Waals surface area contributed by atoms with Gasteiger partial charge in [-0.1, -0.05) is 70.9 Å². The minimum absolute atomic E-state index is 0.372. The van der Waals surface area contributed by atoms with E-state index in [0.29, 0.717) is 34.7 Å². The van der Waals surface area contributed by atoms with Crippen molar-refractivity contribution in [2.24, 2.45) is 0 Å². The Hall–Kier alpha value is -3.11. The maximum Gasteiger partial charge on any atom is 0.262 e. The molecule has 0 bridgehead atoms. The molecule has 4 nitrogen and oxygen atoms in total. The van der Waals surface area contributed by atoms with Crippen LogP contribution in [0.25, 0.3) is 22.8 Å². The lowest BCUT2D eigenvalue weighted by Crippen LogP contribution is -1.97. The summed E-state index contributed by atoms with van der Waals surface area (Å²) in [6.07, 6.45) is 0. The smallest absolute Gasteiger partial charge is 0.262 e. The molecule has 0 N–H and O–H groups in total. The van der Waals surface area contributed by atoms with Crippen molar-refractivity contribution >= 4 is 11.6 Å². The zero-order chi connectivity index (χ0) is 18.6. The standard InChI is InChI=1S/C22H17ClN2O2/c1-15-6-5-9-17(12-15)21-24-22(27-25-21)19-13-18(23)10-11-20(19)26-14-16-7-3-2-4-8-16/h2-13H,14H2,1H3. The number of aromatic nitrogens is 2. The highest BCUT2D eigenvalue weighted by atomic mass is 35.5. The highest BCUT2D eigenvalue weighted by Gasteiger charge is 2.16. The minimum atomic E-state index is 0.372. The zero-order valence-electron chi connectivity index (χ0n) is 14.7. The average molecular weight is 377 g/mol. The van der Waals surface area contributed by atoms with Crippen LogP contribution < -0.4 is 4.74 Å². The molecule has 27 heavy (non-hydrogen) atoms. The number of nitrogens with zero attached hydrogens (tertiary/aromatic N) is 2. The molecule has 0 aliphatic rings. The molecule has 0 unspecified atom stereocenters. The SMILES string of the molecule is Cc1cccc(-c2noc(-c3cc(Cl)ccc3OCc3ccccc3)n2)c1. The van der Waals surface area contributed by atoms with Crippen molar-refractivity contribution in [1.82, 2.24) is 10.1 Å². The van der Waals surface area contributed by atoms with E-state index in [1.54, 1.807) is 12.1 Å². The maximum absolute atomic E-state index is 6.18. The Balaban J connectivity index is 1.64. The molecule has 134 valence electrons. The van der Waals surface area contributed by atoms with Gasteiger partial charge in [0, 0.05) is 10.6 Å². The first-order valence-electron chi connectivity index (χ1n) is 8.56. The molecule has 4 aromatic rings. The molecule has 4 rings (SSSR count). The molecule has 3 aromatic carbocycles. The summed E-state index contributed by atoms with van der Waals surface area (Å²) in [4.78, 5) is 4.53. The highest BCUT2D eigenvalue weighted by molar-refractivity contribution is 6.30. The first-order chi connectivity index (χ1) is 13.2. The van der Waals surface area contributed by atoms with E-state index in [-0.39, 0.29) is 0 Å². The van der Waals surface area contributed by atoms with E-state index in [1.165, 1.54) is 0 Å². The van der Waals surface area contributed by atoms with Gasteiger partial charge in [0.15, 0.2) is 0 Å². The van der Waals surface area contributed by atoms with Crippen LogP contribution in [0.1, 0.15) is 11.1 Å². The molecule has 0 saturated heterocycles. The molecule has 0 spiro atoms. The van der Waals surface area contributed by atoms with Crippen LogP contribution in [0.2, 0.25) is 5.02 Å². The fourth-order valence-electron chi connectivity index (χ4n) is 2.76. The summed E-state index contributed by atoms with van der Waals surface area (Å²) in [7, 11) is 0. The van der Waals surface area contributed by atoms with Gasteiger partial charge in [0.25, 0.3) is 5.89 Å². The lowest BCUT2D eigenvalue weighted by Gasteiger charge is -2.09. The van der Waals surface area contributed by atoms with Gasteiger partial charge in [-0.2, -0.15) is 4.98 Å². The number of hydrogen-bond donors (Lipinski definition) is 0. The Bertz CT molecular complexity index is 1060. The molecular weight excluding hydrogens is 360 g/mol. The van der Waals surface area contributed by atoms with E-state index in [2.05, 4.69) is 10.1 Å². The van der Waals surface area contributed by atoms with Crippen LogP contribution in [0, 0.1) is 6.92 Å². The second kappa shape index (κ2) is 7.64. The fraction of sp³-hybridized carbons (Fsp3) is 0.0909. The third-order valence-electron chi connectivity index (χ3n) is 4.11. The van der Waals surface area contributed by atoms with Crippen LogP contribution in [0.5, 0.6) is 5.75 Å². The topological polar surface area (TPSA) is 48.2 Å². The summed E-state index contributed by atoms with van der Waals surface area (Å²) in [5.41, 5.74) is 3.78. The number of rotatable bonds is 5. The quantitative estimate of drug-likeness (QED) is 0.432. The number of hydrogen-bond acceptors (Lipinski definition) is 4. The molecule has 1 heterocycles. The molecular formula is C22H17ClN2O2. The van der Waals surface area contributed by atoms with E-state index in [4.69, 9.17) is 20.9 Å². The summed E-state index contributed by atoms with van der Waals surface area (Å²) >= 11 is 6.18. The molecule has 0 aliphatic heterocycles. The van der Waals surface area contributed by atoms with Gasteiger partial charge in [0.2, 0.25) is 5.82 Å². The van der Waals surface area contributed by atoms with Crippen molar-refractivity contribution in [3.63, 3.8) is 0 Å². The Kier molecular flexibility index (Phi) is 4.90. The predicted octanol–water partition coefficient (Wildman–Crippen LogP) is 5.94. The Morgan fingerprint density at radius 1 is 0.963 bits per heavy atom. The van der Waals surface area contributed by atoms with Crippen molar-refractivity contribution < 1.29 is 9.26 Å². The summed E-state index contributed by atoms with van der Waals surface area (Å²) in [5.74, 6) is 1.54. The van der Waals surface area contributed by atoms with Gasteiger partial charge in [0.1, 0.15) is 12.4 Å². The molecule has 0 fully saturated rings. The molecule has 0 saturated carbocycles. The van der Waals surface area contributed by atoms with Crippen molar-refractivity contribution in [3.8, 4) is 28.6 Å². The van der Waals surface area contributed by atoms with Crippen molar-refractivity contribution in [2.45, 2.75) is 13.5 Å². The van der Waals surface area contributed by atoms with Gasteiger partial charge in [-0.05, 0) is 36.8 Å². The van der Waals surface area contributed by atoms with E-state index in [9.17, 15) is 0 Å². The Morgan fingerprint density at radius 3 is 2.63 bits per heavy atom. The van der Waals surface area contributed by atoms with Gasteiger partial charge in [-0.3, -0.25) is 0 Å². The lowest BCUT2D eigenvalue weighted by atomic mass is 10.1. The molecule has 0 radical (unpaired) electrons. The molecule has 1 aromatic heterocycles. The third-order valence-corrected chi connectivity index (χ3v) is 4.35. The van der Waals surface area contributed by atoms with E-state index in [0.717, 1.165) is 16.7 Å². The van der Waals surface area contributed by atoms with Gasteiger partial charge in [-0.15, -0.1) is 0 Å². The third kappa shape index (κ3) is 4.01. The second-order valence-corrected chi connectivity index (χ2v) is 6.64. The summed E-state index contributed by atoms with van der Waals surface area (Å²) in [6.45, 7) is 2.46. The van der Waals surface area contributed by atoms with Crippen molar-refractivity contribution in [1.29, 1.82) is 0 Å². The van der Waals surface area contributed by atoms with Gasteiger partial charge < -0.3 is 9.26 Å². The van der Waals surface area contributed by atoms with Crippen molar-refractivity contribution in [2.75, 3.05) is 0 Å². The average Bonchev–Trinajstić information content (AvgIpc) is 3.18. The lowest BCUT2D eigenvalue weighted by molar-refractivity contribution is 0.306. The fourth-order valence-corrected chi connectivity index (χ4v) is 2.94. The van der Waals surface area contributed by atoms with Gasteiger partial charge in [0.05, 0.1) is 5.56 Å². The second-order valence-electron chi connectivity index (χ2n) is 6.21. The normalized spacial score (nSPS) is 10.7. The van der Waals surface area contributed by atoms with Crippen LogP contribution in [0.3, 0.4) is 0 Å². The van der Waals surface area contributed by atoms with Crippen LogP contribution in [0.4, 0.5) is 0 Å². The van der Waals surface area contributed by atoms with Crippen LogP contribution in [-0.2, 0) is 6.61 Å². The van der Waals surface area contributed by atoms with Crippen LogP contribution in [0.15, 0.2) is 77.3 Å². The van der Waals surface area contributed by atoms with Gasteiger partial charge >= 0.3 is 0 Å². The minimum Gasteiger partial charge on any atom is -0.488 e. The molecule has 0 atom stereocenters. The monoisotopic (exact) mass is 376 g/mol. The predicted molar refractivity (Wildman–Crippen MR) is 106 cm³/mol. The summed E-state index contributed by atoms with van der Waals surface area (Å²) in [6, 6.07) is 23.3. The molecule has 0 amide bonds. The summed E-state index contributed by atoms with van der Waals surface area (Å²) < 4.78 is 11.5. The number of halogens is 1. The molecule has 5 heteroatoms. The Labute approximate surface area is 162 Å². The number of benzene rings is 3. The van der Waals surface area contributed by atoms with E-state index in [1.807, 2.05) is 67.6 Å². The van der Waals surface area contributed by atoms with Crippen LogP contribution >= 0.6 is 11.6 Å². The number of aryl methyl sites for hydroxylation is 1. The maximum atomic E-state index is 6.18. The van der Waals surface area contributed by atoms with E-state index >= 15 is 0 Å².